The molecule has 0 radical (unpaired) electrons. The van der Waals surface area contributed by atoms with E-state index in [9.17, 15) is 14.7 Å². The molecule has 3 rings (SSSR count). The van der Waals surface area contributed by atoms with Gasteiger partial charge in [-0.1, -0.05) is 18.5 Å². The van der Waals surface area contributed by atoms with Crippen LogP contribution in [0.2, 0.25) is 5.15 Å². The lowest BCUT2D eigenvalue weighted by atomic mass is 10.0. The first kappa shape index (κ1) is 22.8. The Hall–Kier alpha value is -2.49. The van der Waals surface area contributed by atoms with Gasteiger partial charge < -0.3 is 25.0 Å². The van der Waals surface area contributed by atoms with Gasteiger partial charge in [0.15, 0.2) is 17.3 Å². The fraction of sp³-hybridized carbons (Fsp3) is 0.474. The van der Waals surface area contributed by atoms with Crippen molar-refractivity contribution in [3.63, 3.8) is 0 Å². The Morgan fingerprint density at radius 3 is 2.83 bits per heavy atom. The average Bonchev–Trinajstić information content (AvgIpc) is 3.13. The lowest BCUT2D eigenvalue weighted by Gasteiger charge is -2.38. The number of aromatic amines is 1. The van der Waals surface area contributed by atoms with Crippen LogP contribution in [0, 0.1) is 0 Å². The maximum atomic E-state index is 11.2. The number of carboxylic acids is 1. The lowest BCUT2D eigenvalue weighted by molar-refractivity contribution is 0.0620. The van der Waals surface area contributed by atoms with Gasteiger partial charge in [0.1, 0.15) is 11.4 Å². The van der Waals surface area contributed by atoms with E-state index in [4.69, 9.17) is 16.3 Å². The number of nitrogens with one attached hydrogen (secondary N) is 2. The van der Waals surface area contributed by atoms with E-state index in [0.29, 0.717) is 35.7 Å². The number of imidazole rings is 1. The molecule has 0 aliphatic carbocycles. The molecule has 10 heteroatoms. The Labute approximate surface area is 174 Å². The molecule has 1 fully saturated rings. The van der Waals surface area contributed by atoms with Crippen molar-refractivity contribution in [2.24, 2.45) is 0 Å². The third-order valence-electron chi connectivity index (χ3n) is 4.76. The van der Waals surface area contributed by atoms with Crippen LogP contribution in [0.25, 0.3) is 0 Å². The first-order valence-corrected chi connectivity index (χ1v) is 9.65. The van der Waals surface area contributed by atoms with Crippen LogP contribution < -0.4 is 10.2 Å². The van der Waals surface area contributed by atoms with Crippen LogP contribution in [-0.2, 0) is 11.2 Å². The maximum absolute atomic E-state index is 11.2. The van der Waals surface area contributed by atoms with Gasteiger partial charge in [-0.2, -0.15) is 0 Å². The molecular weight excluding hydrogens is 398 g/mol. The van der Waals surface area contributed by atoms with Gasteiger partial charge in [0.2, 0.25) is 0 Å². The van der Waals surface area contributed by atoms with E-state index in [1.807, 2.05) is 18.9 Å². The highest BCUT2D eigenvalue weighted by Crippen LogP contribution is 2.23. The molecule has 0 unspecified atom stereocenters. The van der Waals surface area contributed by atoms with Crippen LogP contribution in [0.3, 0.4) is 0 Å². The Morgan fingerprint density at radius 2 is 2.31 bits per heavy atom. The van der Waals surface area contributed by atoms with Gasteiger partial charge in [-0.3, -0.25) is 4.79 Å². The summed E-state index contributed by atoms with van der Waals surface area (Å²) in [6, 6.07) is 3.51. The summed E-state index contributed by atoms with van der Waals surface area (Å²) in [6.45, 7) is 3.34. The number of carbonyl (C=O) groups excluding carboxylic acids is 1. The van der Waals surface area contributed by atoms with E-state index in [1.54, 1.807) is 25.4 Å². The van der Waals surface area contributed by atoms with Crippen molar-refractivity contribution in [3.05, 3.63) is 40.6 Å². The summed E-state index contributed by atoms with van der Waals surface area (Å²) in [6.07, 6.45) is 3.95. The van der Waals surface area contributed by atoms with Crippen LogP contribution in [-0.4, -0.2) is 71.7 Å². The van der Waals surface area contributed by atoms with E-state index < -0.39 is 5.97 Å². The first-order valence-electron chi connectivity index (χ1n) is 9.27. The number of hydrogen-bond acceptors (Lipinski definition) is 7. The molecule has 2 aromatic rings. The number of aromatic nitrogens is 3. The second-order valence-electron chi connectivity index (χ2n) is 6.45. The van der Waals surface area contributed by atoms with Crippen LogP contribution in [0.5, 0.6) is 0 Å². The predicted molar refractivity (Wildman–Crippen MR) is 110 cm³/mol. The van der Waals surface area contributed by atoms with Crippen LogP contribution >= 0.6 is 11.6 Å². The van der Waals surface area contributed by atoms with Crippen molar-refractivity contribution in [3.8, 4) is 0 Å². The minimum absolute atomic E-state index is 0.0300. The highest BCUT2D eigenvalue weighted by Gasteiger charge is 2.30. The molecule has 1 aliphatic heterocycles. The zero-order chi connectivity index (χ0) is 21.4. The number of halogens is 1. The Bertz CT molecular complexity index is 829. The van der Waals surface area contributed by atoms with Crippen molar-refractivity contribution in [2.75, 3.05) is 32.1 Å². The third kappa shape index (κ3) is 5.75. The van der Waals surface area contributed by atoms with Crippen molar-refractivity contribution in [1.82, 2.24) is 20.3 Å². The van der Waals surface area contributed by atoms with E-state index in [2.05, 4.69) is 20.3 Å². The number of aromatic carboxylic acids is 1. The van der Waals surface area contributed by atoms with E-state index in [-0.39, 0.29) is 11.7 Å². The summed E-state index contributed by atoms with van der Waals surface area (Å²) in [5.74, 6) is -0.138. The molecule has 9 nitrogen and oxygen atoms in total. The minimum Gasteiger partial charge on any atom is -0.478 e. The molecule has 0 amide bonds. The van der Waals surface area contributed by atoms with Crippen molar-refractivity contribution in [1.29, 1.82) is 0 Å². The molecule has 29 heavy (non-hydrogen) atoms. The summed E-state index contributed by atoms with van der Waals surface area (Å²) >= 11 is 5.62. The number of piperidine rings is 1. The number of pyridine rings is 1. The highest BCUT2D eigenvalue weighted by molar-refractivity contribution is 6.30. The molecule has 1 aliphatic rings. The van der Waals surface area contributed by atoms with Gasteiger partial charge in [-0.25, -0.2) is 14.8 Å². The number of H-pyrrole nitrogens is 1. The number of hydrogen-bond donors (Lipinski definition) is 3. The normalized spacial score (nSPS) is 18.7. The summed E-state index contributed by atoms with van der Waals surface area (Å²) in [4.78, 5) is 34.1. The number of aryl methyl sites for hydroxylation is 1. The second-order valence-corrected chi connectivity index (χ2v) is 6.80. The summed E-state index contributed by atoms with van der Waals surface area (Å²) in [5.41, 5.74) is 1.05. The SMILES string of the molecule is CCc1[nH]c(C=O)nc1Cl.CN[C@@H]1CCN(c2ncccc2C(=O)O)C[C@@H]1OC. The van der Waals surface area contributed by atoms with Gasteiger partial charge >= 0.3 is 5.97 Å². The first-order chi connectivity index (χ1) is 13.9. The van der Waals surface area contributed by atoms with Gasteiger partial charge in [-0.05, 0) is 32.0 Å². The van der Waals surface area contributed by atoms with Crippen molar-refractivity contribution >= 4 is 29.7 Å². The molecule has 158 valence electrons. The minimum atomic E-state index is -0.951. The molecule has 3 heterocycles. The number of aldehydes is 1. The molecular formula is C19H26ClN5O4. The number of likely N-dealkylation sites (N-methyl/N-ethyl adjacent to an activating group) is 1. The molecule has 2 atom stereocenters. The molecule has 0 bridgehead atoms. The highest BCUT2D eigenvalue weighted by atomic mass is 35.5. The van der Waals surface area contributed by atoms with Gasteiger partial charge in [0.25, 0.3) is 0 Å². The zero-order valence-corrected chi connectivity index (χ0v) is 17.4. The largest absolute Gasteiger partial charge is 0.478 e. The van der Waals surface area contributed by atoms with E-state index in [1.165, 1.54) is 0 Å². The monoisotopic (exact) mass is 423 g/mol. The number of rotatable bonds is 6. The van der Waals surface area contributed by atoms with E-state index in [0.717, 1.165) is 25.1 Å². The fourth-order valence-corrected chi connectivity index (χ4v) is 3.46. The quantitative estimate of drug-likeness (QED) is 0.603. The van der Waals surface area contributed by atoms with Crippen molar-refractivity contribution in [2.45, 2.75) is 31.9 Å². The van der Waals surface area contributed by atoms with Crippen LogP contribution in [0.4, 0.5) is 5.82 Å². The topological polar surface area (TPSA) is 120 Å². The van der Waals surface area contributed by atoms with Gasteiger partial charge in [0, 0.05) is 32.4 Å². The average molecular weight is 424 g/mol. The molecule has 1 saturated heterocycles. The fourth-order valence-electron chi connectivity index (χ4n) is 3.19. The Balaban J connectivity index is 0.000000253. The summed E-state index contributed by atoms with van der Waals surface area (Å²) in [5, 5.41) is 12.8. The molecule has 0 spiro atoms. The Kier molecular flexibility index (Phi) is 8.56. The number of anilines is 1. The number of nitrogens with zero attached hydrogens (tertiary/aromatic N) is 3. The third-order valence-corrected chi connectivity index (χ3v) is 5.07. The Morgan fingerprint density at radius 1 is 1.55 bits per heavy atom. The number of carbonyl (C=O) groups is 2. The van der Waals surface area contributed by atoms with Crippen LogP contribution in [0.15, 0.2) is 18.3 Å². The summed E-state index contributed by atoms with van der Waals surface area (Å²) in [7, 11) is 3.59. The number of methoxy groups -OCH3 is 1. The zero-order valence-electron chi connectivity index (χ0n) is 16.7. The summed E-state index contributed by atoms with van der Waals surface area (Å²) < 4.78 is 5.47. The molecule has 3 N–H and O–H groups in total. The number of carboxylic acid groups (broad SMARTS) is 1. The molecule has 0 aromatic carbocycles. The van der Waals surface area contributed by atoms with Gasteiger partial charge in [0.05, 0.1) is 11.8 Å². The maximum Gasteiger partial charge on any atom is 0.339 e. The molecule has 2 aromatic heterocycles. The molecule has 0 saturated carbocycles. The van der Waals surface area contributed by atoms with E-state index >= 15 is 0 Å². The van der Waals surface area contributed by atoms with Crippen LogP contribution in [0.1, 0.15) is 40.0 Å². The standard InChI is InChI=1S/C13H19N3O3.C6H7ClN2O/c1-14-10-5-7-16(8-11(10)19-2)12-9(13(17)18)4-3-6-15-12;1-2-4-6(7)9-5(3-10)8-4/h3-4,6,10-11,14H,5,7-8H2,1-2H3,(H,17,18);3H,2H2,1H3,(H,8,9)/t10-,11+;/m1./s1. The number of ether oxygens (including phenoxy) is 1. The second kappa shape index (κ2) is 10.9. The predicted octanol–water partition coefficient (Wildman–Crippen LogP) is 2.03. The van der Waals surface area contributed by atoms with Crippen molar-refractivity contribution < 1.29 is 19.4 Å². The van der Waals surface area contributed by atoms with Gasteiger partial charge in [-0.15, -0.1) is 0 Å². The lowest BCUT2D eigenvalue weighted by Crippen LogP contribution is -2.53. The smallest absolute Gasteiger partial charge is 0.339 e.